The van der Waals surface area contributed by atoms with E-state index in [2.05, 4.69) is 10.6 Å². The average Bonchev–Trinajstić information content (AvgIpc) is 2.40. The molecule has 6 nitrogen and oxygen atoms in total. The Balaban J connectivity index is 2.84. The Labute approximate surface area is 132 Å². The molecule has 1 aromatic rings. The molecule has 0 atom stereocenters. The lowest BCUT2D eigenvalue weighted by molar-refractivity contribution is 0.243. The van der Waals surface area contributed by atoms with Crippen molar-refractivity contribution in [2.24, 2.45) is 11.5 Å². The molecular weight excluding hydrogens is 280 g/mol. The first kappa shape index (κ1) is 18.3. The molecule has 2 amide bonds. The highest BCUT2D eigenvalue weighted by Gasteiger charge is 2.15. The van der Waals surface area contributed by atoms with E-state index in [1.807, 2.05) is 39.0 Å². The van der Waals surface area contributed by atoms with Gasteiger partial charge in [-0.25, -0.2) is 4.79 Å². The maximum Gasteiger partial charge on any atom is 0.319 e. The summed E-state index contributed by atoms with van der Waals surface area (Å²) in [6.45, 7) is 7.42. The Bertz CT molecular complexity index is 484. The molecule has 1 aromatic carbocycles. The van der Waals surface area contributed by atoms with Crippen LogP contribution in [0.5, 0.6) is 5.75 Å². The number of carbonyl (C=O) groups excluding carboxylic acids is 1. The number of anilines is 1. The van der Waals surface area contributed by atoms with Crippen LogP contribution in [0.25, 0.3) is 0 Å². The van der Waals surface area contributed by atoms with Gasteiger partial charge >= 0.3 is 6.03 Å². The first-order chi connectivity index (χ1) is 10.4. The maximum absolute atomic E-state index is 12.0. The summed E-state index contributed by atoms with van der Waals surface area (Å²) >= 11 is 0. The molecule has 0 spiro atoms. The van der Waals surface area contributed by atoms with Gasteiger partial charge in [0.15, 0.2) is 0 Å². The quantitative estimate of drug-likeness (QED) is 0.577. The molecule has 0 fully saturated rings. The number of benzene rings is 1. The fraction of sp³-hybridized carbons (Fsp3) is 0.562. The van der Waals surface area contributed by atoms with Crippen molar-refractivity contribution >= 4 is 11.7 Å². The number of rotatable bonds is 7. The van der Waals surface area contributed by atoms with Gasteiger partial charge in [-0.15, -0.1) is 0 Å². The predicted octanol–water partition coefficient (Wildman–Crippen LogP) is 1.84. The van der Waals surface area contributed by atoms with Gasteiger partial charge in [-0.1, -0.05) is 6.07 Å². The first-order valence-electron chi connectivity index (χ1n) is 7.61. The summed E-state index contributed by atoms with van der Waals surface area (Å²) in [5.41, 5.74) is 12.5. The standard InChI is InChI=1S/C16H28N4O2/c1-16(2,3)20-15(21)19-13-6-5-12(7-9-18)11-14(13)22-10-4-8-17/h5-6,11H,4,7-10,17-18H2,1-3H3,(H2,19,20,21). The number of hydrogen-bond acceptors (Lipinski definition) is 4. The summed E-state index contributed by atoms with van der Waals surface area (Å²) in [5.74, 6) is 0.642. The second kappa shape index (κ2) is 8.60. The van der Waals surface area contributed by atoms with Gasteiger partial charge in [0.2, 0.25) is 0 Å². The lowest BCUT2D eigenvalue weighted by Gasteiger charge is -2.21. The summed E-state index contributed by atoms with van der Waals surface area (Å²) in [7, 11) is 0. The van der Waals surface area contributed by atoms with Crippen molar-refractivity contribution in [1.29, 1.82) is 0 Å². The third kappa shape index (κ3) is 6.78. The van der Waals surface area contributed by atoms with Crippen LogP contribution in [-0.2, 0) is 6.42 Å². The fourth-order valence-electron chi connectivity index (χ4n) is 1.87. The van der Waals surface area contributed by atoms with Crippen molar-refractivity contribution in [3.05, 3.63) is 23.8 Å². The van der Waals surface area contributed by atoms with Crippen molar-refractivity contribution < 1.29 is 9.53 Å². The number of nitrogens with one attached hydrogen (secondary N) is 2. The van der Waals surface area contributed by atoms with Crippen LogP contribution in [-0.4, -0.2) is 31.3 Å². The van der Waals surface area contributed by atoms with E-state index in [-0.39, 0.29) is 11.6 Å². The smallest absolute Gasteiger partial charge is 0.319 e. The molecule has 6 N–H and O–H groups in total. The van der Waals surface area contributed by atoms with E-state index < -0.39 is 0 Å². The minimum absolute atomic E-state index is 0.261. The van der Waals surface area contributed by atoms with E-state index in [1.54, 1.807) is 0 Å². The van der Waals surface area contributed by atoms with Crippen LogP contribution >= 0.6 is 0 Å². The first-order valence-corrected chi connectivity index (χ1v) is 7.61. The summed E-state index contributed by atoms with van der Waals surface area (Å²) in [5, 5.41) is 5.68. The van der Waals surface area contributed by atoms with E-state index in [0.29, 0.717) is 31.1 Å². The number of ether oxygens (including phenoxy) is 1. The molecule has 0 aliphatic carbocycles. The fourth-order valence-corrected chi connectivity index (χ4v) is 1.87. The Morgan fingerprint density at radius 3 is 2.55 bits per heavy atom. The topological polar surface area (TPSA) is 102 Å². The molecule has 0 radical (unpaired) electrons. The van der Waals surface area contributed by atoms with Crippen LogP contribution in [0.2, 0.25) is 0 Å². The van der Waals surface area contributed by atoms with Gasteiger partial charge in [-0.05, 0) is 64.4 Å². The third-order valence-corrected chi connectivity index (χ3v) is 2.82. The predicted molar refractivity (Wildman–Crippen MR) is 90.3 cm³/mol. The van der Waals surface area contributed by atoms with E-state index in [9.17, 15) is 4.79 Å². The highest BCUT2D eigenvalue weighted by Crippen LogP contribution is 2.26. The zero-order valence-corrected chi connectivity index (χ0v) is 13.7. The van der Waals surface area contributed by atoms with Gasteiger partial charge in [0.25, 0.3) is 0 Å². The number of urea groups is 1. The zero-order valence-electron chi connectivity index (χ0n) is 13.7. The summed E-state index contributed by atoms with van der Waals surface area (Å²) < 4.78 is 5.73. The van der Waals surface area contributed by atoms with E-state index in [0.717, 1.165) is 18.4 Å². The SMILES string of the molecule is CC(C)(C)NC(=O)Nc1ccc(CCN)cc1OCCCN. The largest absolute Gasteiger partial charge is 0.491 e. The second-order valence-corrected chi connectivity index (χ2v) is 6.19. The van der Waals surface area contributed by atoms with Crippen molar-refractivity contribution in [2.75, 3.05) is 25.0 Å². The summed E-state index contributed by atoms with van der Waals surface area (Å²) in [6, 6.07) is 5.43. The maximum atomic E-state index is 12.0. The molecule has 6 heteroatoms. The van der Waals surface area contributed by atoms with Gasteiger partial charge in [0.05, 0.1) is 12.3 Å². The minimum atomic E-state index is -0.301. The number of amides is 2. The molecule has 22 heavy (non-hydrogen) atoms. The average molecular weight is 308 g/mol. The van der Waals surface area contributed by atoms with Crippen LogP contribution in [0, 0.1) is 0 Å². The second-order valence-electron chi connectivity index (χ2n) is 6.19. The van der Waals surface area contributed by atoms with Crippen molar-refractivity contribution in [3.8, 4) is 5.75 Å². The third-order valence-electron chi connectivity index (χ3n) is 2.82. The Kier molecular flexibility index (Phi) is 7.14. The van der Waals surface area contributed by atoms with E-state index in [4.69, 9.17) is 16.2 Å². The molecular formula is C16H28N4O2. The molecule has 0 heterocycles. The highest BCUT2D eigenvalue weighted by molar-refractivity contribution is 5.91. The molecule has 0 aliphatic rings. The van der Waals surface area contributed by atoms with Crippen LogP contribution in [0.15, 0.2) is 18.2 Å². The minimum Gasteiger partial charge on any atom is -0.491 e. The molecule has 0 unspecified atom stereocenters. The molecule has 0 saturated heterocycles. The van der Waals surface area contributed by atoms with E-state index in [1.165, 1.54) is 0 Å². The number of hydrogen-bond donors (Lipinski definition) is 4. The highest BCUT2D eigenvalue weighted by atomic mass is 16.5. The lowest BCUT2D eigenvalue weighted by Crippen LogP contribution is -2.43. The van der Waals surface area contributed by atoms with Crippen LogP contribution in [0.4, 0.5) is 10.5 Å². The zero-order chi connectivity index (χ0) is 16.6. The van der Waals surface area contributed by atoms with Gasteiger partial charge in [-0.3, -0.25) is 0 Å². The van der Waals surface area contributed by atoms with Gasteiger partial charge in [-0.2, -0.15) is 0 Å². The Morgan fingerprint density at radius 1 is 1.23 bits per heavy atom. The Morgan fingerprint density at radius 2 is 1.95 bits per heavy atom. The molecule has 1 rings (SSSR count). The van der Waals surface area contributed by atoms with Crippen LogP contribution in [0.3, 0.4) is 0 Å². The summed E-state index contributed by atoms with van der Waals surface area (Å²) in [4.78, 5) is 12.0. The number of carbonyl (C=O) groups is 1. The van der Waals surface area contributed by atoms with E-state index >= 15 is 0 Å². The van der Waals surface area contributed by atoms with Gasteiger partial charge < -0.3 is 26.8 Å². The normalized spacial score (nSPS) is 11.1. The monoisotopic (exact) mass is 308 g/mol. The molecule has 0 bridgehead atoms. The molecule has 124 valence electrons. The molecule has 0 saturated carbocycles. The molecule has 0 aromatic heterocycles. The number of nitrogens with two attached hydrogens (primary N) is 2. The van der Waals surface area contributed by atoms with Gasteiger partial charge in [0, 0.05) is 5.54 Å². The lowest BCUT2D eigenvalue weighted by atomic mass is 10.1. The van der Waals surface area contributed by atoms with Crippen molar-refractivity contribution in [3.63, 3.8) is 0 Å². The van der Waals surface area contributed by atoms with Crippen LogP contribution < -0.4 is 26.8 Å². The van der Waals surface area contributed by atoms with Gasteiger partial charge in [0.1, 0.15) is 5.75 Å². The molecule has 0 aliphatic heterocycles. The van der Waals surface area contributed by atoms with Crippen molar-refractivity contribution in [2.45, 2.75) is 39.2 Å². The van der Waals surface area contributed by atoms with Crippen molar-refractivity contribution in [1.82, 2.24) is 5.32 Å². The van der Waals surface area contributed by atoms with Crippen LogP contribution in [0.1, 0.15) is 32.8 Å². The summed E-state index contributed by atoms with van der Waals surface area (Å²) in [6.07, 6.45) is 1.52. The Hall–Kier alpha value is -1.79.